The molecule has 2 fully saturated rings. The smallest absolute Gasteiger partial charge is 0.246 e. The van der Waals surface area contributed by atoms with Crippen LogP contribution < -0.4 is 19.9 Å². The minimum absolute atomic E-state index is 0.170. The fourth-order valence-electron chi connectivity index (χ4n) is 3.93. The third kappa shape index (κ3) is 3.78. The maximum absolute atomic E-state index is 12.0. The van der Waals surface area contributed by atoms with Crippen molar-refractivity contribution in [1.82, 2.24) is 25.5 Å². The molecule has 0 saturated carbocycles. The first-order chi connectivity index (χ1) is 15.1. The molecule has 4 atom stereocenters. The van der Waals surface area contributed by atoms with Crippen molar-refractivity contribution >= 4 is 11.9 Å². The number of aromatic nitrogens is 4. The van der Waals surface area contributed by atoms with Gasteiger partial charge in [0, 0.05) is 5.56 Å². The number of carbonyl (C=O) groups is 2. The lowest BCUT2D eigenvalue weighted by atomic mass is 10.1. The fourth-order valence-corrected chi connectivity index (χ4v) is 3.93. The first kappa shape index (κ1) is 19.7. The molecule has 2 saturated heterocycles. The summed E-state index contributed by atoms with van der Waals surface area (Å²) in [5.74, 6) is -0.0502. The normalized spacial score (nSPS) is 26.1. The van der Waals surface area contributed by atoms with Gasteiger partial charge in [0.2, 0.25) is 12.7 Å². The molecule has 3 aliphatic heterocycles. The average molecular weight is 432 g/mol. The Balaban J connectivity index is 1.27. The largest absolute Gasteiger partial charge is 0.548 e. The highest BCUT2D eigenvalue weighted by molar-refractivity contribution is 5.78. The van der Waals surface area contributed by atoms with Gasteiger partial charge in [0.1, 0.15) is 24.9 Å². The van der Waals surface area contributed by atoms with Crippen molar-refractivity contribution in [3.05, 3.63) is 18.2 Å². The lowest BCUT2D eigenvalue weighted by Crippen LogP contribution is -2.45. The van der Waals surface area contributed by atoms with Crippen molar-refractivity contribution in [2.45, 2.75) is 24.3 Å². The van der Waals surface area contributed by atoms with Gasteiger partial charge < -0.3 is 38.9 Å². The SMILES string of the molecule is O=C([O-])COCC(=O)N[C@H]1CO[C@H]2[C@@H]1OC[C@@H]2n1nnnc1-c1ccc2c(c1)OCO2. The predicted molar refractivity (Wildman–Crippen MR) is 95.6 cm³/mol. The second-order valence-corrected chi connectivity index (χ2v) is 7.22. The van der Waals surface area contributed by atoms with Crippen molar-refractivity contribution in [2.24, 2.45) is 0 Å². The Kier molecular flexibility index (Phi) is 5.13. The Labute approximate surface area is 175 Å². The van der Waals surface area contributed by atoms with E-state index in [1.165, 1.54) is 0 Å². The zero-order chi connectivity index (χ0) is 21.4. The molecule has 0 spiro atoms. The molecule has 31 heavy (non-hydrogen) atoms. The van der Waals surface area contributed by atoms with E-state index < -0.39 is 37.2 Å². The van der Waals surface area contributed by atoms with Gasteiger partial charge in [-0.1, -0.05) is 0 Å². The summed E-state index contributed by atoms with van der Waals surface area (Å²) < 4.78 is 28.9. The molecule has 1 aromatic heterocycles. The summed E-state index contributed by atoms with van der Waals surface area (Å²) >= 11 is 0. The van der Waals surface area contributed by atoms with E-state index in [1.807, 2.05) is 12.1 Å². The van der Waals surface area contributed by atoms with Crippen LogP contribution in [0.1, 0.15) is 6.04 Å². The number of carboxylic acid groups (broad SMARTS) is 1. The molecule has 13 heteroatoms. The first-order valence-electron chi connectivity index (χ1n) is 9.58. The minimum atomic E-state index is -1.39. The molecule has 13 nitrogen and oxygen atoms in total. The van der Waals surface area contributed by atoms with Crippen LogP contribution >= 0.6 is 0 Å². The highest BCUT2D eigenvalue weighted by atomic mass is 16.7. The van der Waals surface area contributed by atoms with Crippen LogP contribution in [0.15, 0.2) is 18.2 Å². The third-order valence-electron chi connectivity index (χ3n) is 5.26. The van der Waals surface area contributed by atoms with Crippen molar-refractivity contribution in [2.75, 3.05) is 33.2 Å². The Hall–Kier alpha value is -3.29. The Morgan fingerprint density at radius 2 is 2.00 bits per heavy atom. The monoisotopic (exact) mass is 432 g/mol. The summed E-state index contributed by atoms with van der Waals surface area (Å²) in [4.78, 5) is 22.4. The van der Waals surface area contributed by atoms with E-state index in [2.05, 4.69) is 20.8 Å². The fraction of sp³-hybridized carbons (Fsp3) is 0.500. The van der Waals surface area contributed by atoms with E-state index in [0.29, 0.717) is 23.9 Å². The van der Waals surface area contributed by atoms with Crippen LogP contribution in [0.4, 0.5) is 0 Å². The molecule has 5 rings (SSSR count). The number of benzene rings is 1. The van der Waals surface area contributed by atoms with E-state index in [0.717, 1.165) is 5.56 Å². The van der Waals surface area contributed by atoms with Crippen LogP contribution in [-0.4, -0.2) is 83.6 Å². The average Bonchev–Trinajstić information content (AvgIpc) is 3.52. The second-order valence-electron chi connectivity index (χ2n) is 7.22. The summed E-state index contributed by atoms with van der Waals surface area (Å²) in [5, 5.41) is 25.2. The minimum Gasteiger partial charge on any atom is -0.548 e. The molecule has 1 amide bonds. The number of rotatable bonds is 7. The summed E-state index contributed by atoms with van der Waals surface area (Å²) in [7, 11) is 0. The van der Waals surface area contributed by atoms with E-state index >= 15 is 0 Å². The maximum atomic E-state index is 12.0. The zero-order valence-corrected chi connectivity index (χ0v) is 16.1. The van der Waals surface area contributed by atoms with Gasteiger partial charge in [0.25, 0.3) is 0 Å². The molecule has 0 aliphatic carbocycles. The van der Waals surface area contributed by atoms with Crippen molar-refractivity contribution in [3.8, 4) is 22.9 Å². The number of ether oxygens (including phenoxy) is 5. The van der Waals surface area contributed by atoms with Gasteiger partial charge in [-0.15, -0.1) is 5.10 Å². The van der Waals surface area contributed by atoms with Crippen molar-refractivity contribution < 1.29 is 38.4 Å². The van der Waals surface area contributed by atoms with Crippen molar-refractivity contribution in [1.29, 1.82) is 0 Å². The number of carbonyl (C=O) groups excluding carboxylic acids is 2. The molecular formula is C18H18N5O8-. The zero-order valence-electron chi connectivity index (χ0n) is 16.1. The third-order valence-corrected chi connectivity index (χ3v) is 5.26. The lowest BCUT2D eigenvalue weighted by Gasteiger charge is -2.18. The molecule has 2 aromatic rings. The molecule has 1 aromatic carbocycles. The number of amides is 1. The summed E-state index contributed by atoms with van der Waals surface area (Å²) in [6.45, 7) is -0.345. The Morgan fingerprint density at radius 3 is 2.87 bits per heavy atom. The number of carboxylic acids is 1. The van der Waals surface area contributed by atoms with Gasteiger partial charge in [0.05, 0.1) is 31.8 Å². The van der Waals surface area contributed by atoms with Crippen LogP contribution in [0, 0.1) is 0 Å². The summed E-state index contributed by atoms with van der Waals surface area (Å²) in [6, 6.07) is 4.75. The van der Waals surface area contributed by atoms with Gasteiger partial charge in [0.15, 0.2) is 17.3 Å². The highest BCUT2D eigenvalue weighted by Gasteiger charge is 2.50. The molecule has 1 N–H and O–H groups in total. The summed E-state index contributed by atoms with van der Waals surface area (Å²) in [5.41, 5.74) is 0.755. The number of nitrogens with zero attached hydrogens (tertiary/aromatic N) is 4. The summed E-state index contributed by atoms with van der Waals surface area (Å²) in [6.07, 6.45) is -0.769. The lowest BCUT2D eigenvalue weighted by molar-refractivity contribution is -0.309. The number of hydrogen-bond acceptors (Lipinski definition) is 11. The molecular weight excluding hydrogens is 414 g/mol. The Bertz CT molecular complexity index is 997. The van der Waals surface area contributed by atoms with Crippen LogP contribution in [0.25, 0.3) is 11.4 Å². The number of tetrazole rings is 1. The van der Waals surface area contributed by atoms with Gasteiger partial charge in [-0.3, -0.25) is 4.79 Å². The topological polar surface area (TPSA) is 159 Å². The first-order valence-corrected chi connectivity index (χ1v) is 9.58. The van der Waals surface area contributed by atoms with Gasteiger partial charge >= 0.3 is 0 Å². The van der Waals surface area contributed by atoms with E-state index in [-0.39, 0.29) is 25.5 Å². The van der Waals surface area contributed by atoms with Gasteiger partial charge in [-0.25, -0.2) is 4.68 Å². The standard InChI is InChI=1S/C18H19N5O8/c24-14(6-27-7-15(25)26)19-10-4-28-17-11(5-29-16(10)17)23-18(20-21-22-23)9-1-2-12-13(3-9)31-8-30-12/h1-3,10-11,16-17H,4-8H2,(H,19,24)(H,25,26)/p-1/t10-,11-,16+,17+/m0/s1. The molecule has 0 bridgehead atoms. The molecule has 0 radical (unpaired) electrons. The second kappa shape index (κ2) is 8.09. The Morgan fingerprint density at radius 1 is 1.16 bits per heavy atom. The molecule has 0 unspecified atom stereocenters. The van der Waals surface area contributed by atoms with E-state index in [9.17, 15) is 14.7 Å². The quantitative estimate of drug-likeness (QED) is 0.499. The van der Waals surface area contributed by atoms with Crippen LogP contribution in [0.3, 0.4) is 0 Å². The number of nitrogens with one attached hydrogen (secondary N) is 1. The highest BCUT2D eigenvalue weighted by Crippen LogP contribution is 2.38. The van der Waals surface area contributed by atoms with E-state index in [4.69, 9.17) is 23.7 Å². The number of aliphatic carboxylic acids is 1. The van der Waals surface area contributed by atoms with Gasteiger partial charge in [-0.2, -0.15) is 0 Å². The maximum Gasteiger partial charge on any atom is 0.246 e. The number of hydrogen-bond donors (Lipinski definition) is 1. The number of fused-ring (bicyclic) bond motifs is 2. The van der Waals surface area contributed by atoms with Crippen LogP contribution in [0.5, 0.6) is 11.5 Å². The van der Waals surface area contributed by atoms with Crippen LogP contribution in [0.2, 0.25) is 0 Å². The molecule has 164 valence electrons. The van der Waals surface area contributed by atoms with Crippen LogP contribution in [-0.2, 0) is 23.8 Å². The molecule has 3 aliphatic rings. The van der Waals surface area contributed by atoms with Crippen molar-refractivity contribution in [3.63, 3.8) is 0 Å². The van der Waals surface area contributed by atoms with Gasteiger partial charge in [-0.05, 0) is 28.6 Å². The van der Waals surface area contributed by atoms with E-state index in [1.54, 1.807) is 10.7 Å². The predicted octanol–water partition coefficient (Wildman–Crippen LogP) is -2.34. The molecule has 4 heterocycles.